The van der Waals surface area contributed by atoms with Crippen molar-refractivity contribution in [3.05, 3.63) is 45.9 Å². The Hall–Kier alpha value is -2.65. The Morgan fingerprint density at radius 1 is 0.920 bits per heavy atom. The topological polar surface area (TPSA) is 60.7 Å². The van der Waals surface area contributed by atoms with Gasteiger partial charge in [-0.15, -0.1) is 0 Å². The second-order valence-corrected chi connectivity index (χ2v) is 5.83. The molecule has 0 bridgehead atoms. The molecule has 0 aliphatic carbocycles. The summed E-state index contributed by atoms with van der Waals surface area (Å²) >= 11 is 3.46. The molecule has 0 aliphatic rings. The van der Waals surface area contributed by atoms with Crippen LogP contribution in [0.2, 0.25) is 0 Å². The molecule has 0 radical (unpaired) electrons. The molecule has 0 saturated heterocycles. The lowest BCUT2D eigenvalue weighted by Gasteiger charge is -2.11. The highest BCUT2D eigenvalue weighted by molar-refractivity contribution is 9.10. The van der Waals surface area contributed by atoms with E-state index in [1.54, 1.807) is 46.6 Å². The summed E-state index contributed by atoms with van der Waals surface area (Å²) in [6.07, 6.45) is 1.77. The first kappa shape index (κ1) is 18.7. The van der Waals surface area contributed by atoms with Crippen LogP contribution in [-0.4, -0.2) is 28.4 Å². The van der Waals surface area contributed by atoms with E-state index in [0.717, 1.165) is 15.6 Å². The van der Waals surface area contributed by atoms with Crippen LogP contribution < -0.4 is 18.9 Å². The fraction of sp³-hybridized carbons (Fsp3) is 0.211. The Bertz CT molecular complexity index is 840. The summed E-state index contributed by atoms with van der Waals surface area (Å²) in [5, 5.41) is 9.57. The molecule has 0 spiro atoms. The van der Waals surface area contributed by atoms with Crippen molar-refractivity contribution < 1.29 is 18.9 Å². The second kappa shape index (κ2) is 8.45. The maximum absolute atomic E-state index is 9.57. The highest BCUT2D eigenvalue weighted by Gasteiger charge is 2.12. The summed E-state index contributed by atoms with van der Waals surface area (Å²) < 4.78 is 21.9. The van der Waals surface area contributed by atoms with Gasteiger partial charge >= 0.3 is 0 Å². The van der Waals surface area contributed by atoms with Crippen molar-refractivity contribution in [3.63, 3.8) is 0 Å². The van der Waals surface area contributed by atoms with Gasteiger partial charge in [-0.25, -0.2) is 0 Å². The van der Waals surface area contributed by atoms with Gasteiger partial charge in [-0.05, 0) is 63.5 Å². The molecule has 0 heterocycles. The zero-order valence-corrected chi connectivity index (χ0v) is 16.0. The normalized spacial score (nSPS) is 10.8. The lowest BCUT2D eigenvalue weighted by Crippen LogP contribution is -1.93. The van der Waals surface area contributed by atoms with Crippen LogP contribution in [0.3, 0.4) is 0 Å². The van der Waals surface area contributed by atoms with E-state index in [9.17, 15) is 5.26 Å². The van der Waals surface area contributed by atoms with E-state index in [-0.39, 0.29) is 0 Å². The maximum Gasteiger partial charge on any atom is 0.174 e. The Morgan fingerprint density at radius 2 is 1.60 bits per heavy atom. The summed E-state index contributed by atoms with van der Waals surface area (Å²) in [5.74, 6) is 2.35. The van der Waals surface area contributed by atoms with Gasteiger partial charge < -0.3 is 18.9 Å². The number of nitrogens with zero attached hydrogens (tertiary/aromatic N) is 1. The van der Waals surface area contributed by atoms with Crippen molar-refractivity contribution in [2.24, 2.45) is 0 Å². The number of hydrogen-bond donors (Lipinski definition) is 0. The second-order valence-electron chi connectivity index (χ2n) is 4.98. The van der Waals surface area contributed by atoms with Crippen molar-refractivity contribution in [3.8, 4) is 29.1 Å². The quantitative estimate of drug-likeness (QED) is 0.522. The summed E-state index contributed by atoms with van der Waals surface area (Å²) in [7, 11) is 6.27. The molecule has 0 aliphatic heterocycles. The van der Waals surface area contributed by atoms with Gasteiger partial charge in [0.1, 0.15) is 0 Å². The summed E-state index contributed by atoms with van der Waals surface area (Å²) in [6, 6.07) is 11.2. The third kappa shape index (κ3) is 4.06. The maximum atomic E-state index is 9.57. The molecule has 0 amide bonds. The number of benzene rings is 2. The molecule has 0 aromatic heterocycles. The van der Waals surface area contributed by atoms with Crippen molar-refractivity contribution in [1.29, 1.82) is 5.26 Å². The van der Waals surface area contributed by atoms with Crippen LogP contribution >= 0.6 is 15.9 Å². The number of rotatable bonds is 6. The van der Waals surface area contributed by atoms with Gasteiger partial charge in [0, 0.05) is 0 Å². The monoisotopic (exact) mass is 403 g/mol. The minimum atomic E-state index is 0.486. The van der Waals surface area contributed by atoms with Gasteiger partial charge in [0.2, 0.25) is 0 Å². The van der Waals surface area contributed by atoms with Gasteiger partial charge in [0.05, 0.1) is 44.6 Å². The molecule has 0 N–H and O–H groups in total. The predicted octanol–water partition coefficient (Wildman–Crippen LogP) is 4.55. The van der Waals surface area contributed by atoms with Gasteiger partial charge in [0.15, 0.2) is 23.0 Å². The predicted molar refractivity (Wildman–Crippen MR) is 100 cm³/mol. The number of halogens is 1. The van der Waals surface area contributed by atoms with Crippen molar-refractivity contribution in [2.45, 2.75) is 0 Å². The minimum absolute atomic E-state index is 0.486. The van der Waals surface area contributed by atoms with Crippen LogP contribution in [0.1, 0.15) is 11.1 Å². The number of ether oxygens (including phenoxy) is 4. The van der Waals surface area contributed by atoms with E-state index in [4.69, 9.17) is 18.9 Å². The Labute approximate surface area is 155 Å². The first-order valence-corrected chi connectivity index (χ1v) is 8.13. The standard InChI is InChI=1S/C19H18BrNO4/c1-22-16-6-5-13(10-17(16)23-2)14(11-21)7-12-8-15(20)19(25-4)18(9-12)24-3/h5-10H,1-4H3/b14-7+. The van der Waals surface area contributed by atoms with Gasteiger partial charge in [0.25, 0.3) is 0 Å². The van der Waals surface area contributed by atoms with Gasteiger partial charge in [-0.3, -0.25) is 0 Å². The Morgan fingerprint density at radius 3 is 2.16 bits per heavy atom. The van der Waals surface area contributed by atoms with Gasteiger partial charge in [-0.2, -0.15) is 5.26 Å². The average molecular weight is 404 g/mol. The molecule has 0 unspecified atom stereocenters. The molecule has 2 aromatic rings. The zero-order valence-electron chi connectivity index (χ0n) is 14.4. The number of hydrogen-bond acceptors (Lipinski definition) is 5. The third-order valence-electron chi connectivity index (χ3n) is 3.58. The number of nitriles is 1. The molecule has 0 fully saturated rings. The molecule has 0 atom stereocenters. The molecule has 6 heteroatoms. The molecule has 2 rings (SSSR count). The number of allylic oxidation sites excluding steroid dienone is 1. The lowest BCUT2D eigenvalue weighted by atomic mass is 10.0. The summed E-state index contributed by atoms with van der Waals surface area (Å²) in [5.41, 5.74) is 2.02. The van der Waals surface area contributed by atoms with Crippen LogP contribution in [0.5, 0.6) is 23.0 Å². The summed E-state index contributed by atoms with van der Waals surface area (Å²) in [4.78, 5) is 0. The fourth-order valence-electron chi connectivity index (χ4n) is 2.37. The highest BCUT2D eigenvalue weighted by Crippen LogP contribution is 2.37. The molecule has 130 valence electrons. The van der Waals surface area contributed by atoms with Crippen molar-refractivity contribution >= 4 is 27.6 Å². The SMILES string of the molecule is COc1ccc(/C(C#N)=C/c2cc(Br)c(OC)c(OC)c2)cc1OC. The van der Waals surface area contributed by atoms with E-state index in [0.29, 0.717) is 28.6 Å². The van der Waals surface area contributed by atoms with Crippen LogP contribution in [0.15, 0.2) is 34.8 Å². The Balaban J connectivity index is 2.51. The number of methoxy groups -OCH3 is 4. The molecule has 0 saturated carbocycles. The van der Waals surface area contributed by atoms with Crippen LogP contribution in [0, 0.1) is 11.3 Å². The van der Waals surface area contributed by atoms with E-state index in [2.05, 4.69) is 22.0 Å². The zero-order chi connectivity index (χ0) is 18.4. The smallest absolute Gasteiger partial charge is 0.174 e. The van der Waals surface area contributed by atoms with E-state index >= 15 is 0 Å². The largest absolute Gasteiger partial charge is 0.493 e. The molecular weight excluding hydrogens is 386 g/mol. The van der Waals surface area contributed by atoms with Crippen LogP contribution in [0.25, 0.3) is 11.6 Å². The van der Waals surface area contributed by atoms with E-state index in [1.165, 1.54) is 0 Å². The first-order chi connectivity index (χ1) is 12.1. The summed E-state index contributed by atoms with van der Waals surface area (Å²) in [6.45, 7) is 0. The van der Waals surface area contributed by atoms with Crippen LogP contribution in [-0.2, 0) is 0 Å². The average Bonchev–Trinajstić information content (AvgIpc) is 2.64. The highest BCUT2D eigenvalue weighted by atomic mass is 79.9. The third-order valence-corrected chi connectivity index (χ3v) is 4.17. The van der Waals surface area contributed by atoms with Gasteiger partial charge in [-0.1, -0.05) is 0 Å². The van der Waals surface area contributed by atoms with Crippen molar-refractivity contribution in [1.82, 2.24) is 0 Å². The van der Waals surface area contributed by atoms with Crippen LogP contribution in [0.4, 0.5) is 0 Å². The van der Waals surface area contributed by atoms with E-state index in [1.807, 2.05) is 18.2 Å². The molecule has 2 aromatic carbocycles. The first-order valence-electron chi connectivity index (χ1n) is 7.33. The minimum Gasteiger partial charge on any atom is -0.493 e. The molecular formula is C19H18BrNO4. The van der Waals surface area contributed by atoms with Crippen molar-refractivity contribution in [2.75, 3.05) is 28.4 Å². The lowest BCUT2D eigenvalue weighted by molar-refractivity contribution is 0.353. The molecule has 25 heavy (non-hydrogen) atoms. The van der Waals surface area contributed by atoms with E-state index < -0.39 is 0 Å². The Kier molecular flexibility index (Phi) is 6.31. The molecule has 5 nitrogen and oxygen atoms in total. The fourth-order valence-corrected chi connectivity index (χ4v) is 2.99.